The molecule has 3 aromatic rings. The number of aromatic nitrogens is 4. The van der Waals surface area contributed by atoms with Gasteiger partial charge in [-0.1, -0.05) is 0 Å². The van der Waals surface area contributed by atoms with E-state index in [0.29, 0.717) is 17.2 Å². The number of rotatable bonds is 2. The van der Waals surface area contributed by atoms with Gasteiger partial charge in [0.1, 0.15) is 18.4 Å². The van der Waals surface area contributed by atoms with Crippen molar-refractivity contribution in [2.75, 3.05) is 5.73 Å². The van der Waals surface area contributed by atoms with Crippen LogP contribution in [0.15, 0.2) is 36.9 Å². The van der Waals surface area contributed by atoms with Crippen molar-refractivity contribution < 1.29 is 4.74 Å². The van der Waals surface area contributed by atoms with Gasteiger partial charge < -0.3 is 10.5 Å². The first-order valence-electron chi connectivity index (χ1n) is 5.42. The van der Waals surface area contributed by atoms with Crippen molar-refractivity contribution in [3.63, 3.8) is 0 Å². The van der Waals surface area contributed by atoms with Gasteiger partial charge in [0.15, 0.2) is 5.65 Å². The maximum Gasteiger partial charge on any atom is 0.224 e. The molecule has 0 fully saturated rings. The third kappa shape index (κ3) is 1.84. The fraction of sp³-hybridized carbons (Fsp3) is 0.0833. The Morgan fingerprint density at radius 3 is 2.94 bits per heavy atom. The second-order valence-corrected chi connectivity index (χ2v) is 3.92. The van der Waals surface area contributed by atoms with Crippen LogP contribution in [0.3, 0.4) is 0 Å². The molecule has 18 heavy (non-hydrogen) atoms. The molecule has 2 heterocycles. The first-order valence-corrected chi connectivity index (χ1v) is 5.42. The zero-order valence-electron chi connectivity index (χ0n) is 9.74. The molecule has 90 valence electrons. The van der Waals surface area contributed by atoms with Crippen LogP contribution in [0.4, 0.5) is 5.69 Å². The molecule has 0 bridgehead atoms. The van der Waals surface area contributed by atoms with Crippen LogP contribution < -0.4 is 10.5 Å². The molecule has 6 heteroatoms. The lowest BCUT2D eigenvalue weighted by atomic mass is 10.2. The Hall–Kier alpha value is -2.63. The molecular formula is C12H11N5O. The van der Waals surface area contributed by atoms with E-state index in [-0.39, 0.29) is 0 Å². The quantitative estimate of drug-likeness (QED) is 0.692. The summed E-state index contributed by atoms with van der Waals surface area (Å²) >= 11 is 0. The zero-order chi connectivity index (χ0) is 12.5. The van der Waals surface area contributed by atoms with Crippen LogP contribution in [-0.2, 0) is 0 Å². The number of nitrogen functional groups attached to an aromatic ring is 1. The Kier molecular flexibility index (Phi) is 2.33. The highest BCUT2D eigenvalue weighted by Gasteiger charge is 2.04. The number of fused-ring (bicyclic) bond motifs is 1. The molecule has 0 atom stereocenters. The van der Waals surface area contributed by atoms with Gasteiger partial charge in [-0.15, -0.1) is 0 Å². The van der Waals surface area contributed by atoms with E-state index < -0.39 is 0 Å². The van der Waals surface area contributed by atoms with Crippen molar-refractivity contribution in [3.05, 3.63) is 42.5 Å². The van der Waals surface area contributed by atoms with Crippen LogP contribution in [0.2, 0.25) is 0 Å². The standard InChI is InChI=1S/C12H11N5O/c1-8-4-9(13)2-3-10(8)18-12-5-11-14-6-16-17(11)7-15-12/h2-7H,13H2,1H3. The van der Waals surface area contributed by atoms with Gasteiger partial charge in [-0.3, -0.25) is 0 Å². The summed E-state index contributed by atoms with van der Waals surface area (Å²) in [5, 5.41) is 3.97. The Morgan fingerprint density at radius 1 is 1.22 bits per heavy atom. The van der Waals surface area contributed by atoms with Crippen LogP contribution in [-0.4, -0.2) is 19.6 Å². The van der Waals surface area contributed by atoms with Gasteiger partial charge >= 0.3 is 0 Å². The van der Waals surface area contributed by atoms with Crippen molar-refractivity contribution in [2.45, 2.75) is 6.92 Å². The molecular weight excluding hydrogens is 230 g/mol. The Labute approximate surface area is 103 Å². The van der Waals surface area contributed by atoms with Crippen molar-refractivity contribution in [2.24, 2.45) is 0 Å². The predicted octanol–water partition coefficient (Wildman–Crippen LogP) is 1.81. The number of benzene rings is 1. The molecule has 0 saturated carbocycles. The minimum atomic E-state index is 0.475. The summed E-state index contributed by atoms with van der Waals surface area (Å²) < 4.78 is 7.27. The number of hydrogen-bond donors (Lipinski definition) is 1. The molecule has 0 unspecified atom stereocenters. The van der Waals surface area contributed by atoms with Crippen molar-refractivity contribution in [1.82, 2.24) is 19.6 Å². The Bertz CT molecular complexity index is 707. The van der Waals surface area contributed by atoms with E-state index in [9.17, 15) is 0 Å². The summed E-state index contributed by atoms with van der Waals surface area (Å²) in [6.07, 6.45) is 3.03. The lowest BCUT2D eigenvalue weighted by Crippen LogP contribution is -1.95. The van der Waals surface area contributed by atoms with E-state index in [4.69, 9.17) is 10.5 Å². The highest BCUT2D eigenvalue weighted by molar-refractivity contribution is 5.48. The van der Waals surface area contributed by atoms with Gasteiger partial charge in [-0.2, -0.15) is 5.10 Å². The van der Waals surface area contributed by atoms with Crippen molar-refractivity contribution in [1.29, 1.82) is 0 Å². The maximum absolute atomic E-state index is 5.69. The van der Waals surface area contributed by atoms with Crippen LogP contribution >= 0.6 is 0 Å². The van der Waals surface area contributed by atoms with Crippen LogP contribution in [0, 0.1) is 6.92 Å². The average Bonchev–Trinajstić information content (AvgIpc) is 2.80. The van der Waals surface area contributed by atoms with Gasteiger partial charge in [0.2, 0.25) is 5.88 Å². The van der Waals surface area contributed by atoms with Crippen LogP contribution in [0.5, 0.6) is 11.6 Å². The number of nitrogens with zero attached hydrogens (tertiary/aromatic N) is 4. The zero-order valence-corrected chi connectivity index (χ0v) is 9.74. The first kappa shape index (κ1) is 10.5. The molecule has 0 aliphatic heterocycles. The minimum Gasteiger partial charge on any atom is -0.439 e. The molecule has 2 N–H and O–H groups in total. The Balaban J connectivity index is 1.95. The number of anilines is 1. The summed E-state index contributed by atoms with van der Waals surface area (Å²) in [5.41, 5.74) is 8.04. The first-order chi connectivity index (χ1) is 8.72. The Morgan fingerprint density at radius 2 is 2.11 bits per heavy atom. The van der Waals surface area contributed by atoms with Crippen molar-refractivity contribution in [3.8, 4) is 11.6 Å². The van der Waals surface area contributed by atoms with Crippen LogP contribution in [0.25, 0.3) is 5.65 Å². The van der Waals surface area contributed by atoms with Gasteiger partial charge in [0.25, 0.3) is 0 Å². The lowest BCUT2D eigenvalue weighted by Gasteiger charge is -2.08. The largest absolute Gasteiger partial charge is 0.439 e. The van der Waals surface area contributed by atoms with E-state index in [2.05, 4.69) is 15.1 Å². The highest BCUT2D eigenvalue weighted by Crippen LogP contribution is 2.25. The summed E-state index contributed by atoms with van der Waals surface area (Å²) in [5.74, 6) is 1.20. The maximum atomic E-state index is 5.69. The third-order valence-corrected chi connectivity index (χ3v) is 2.56. The topological polar surface area (TPSA) is 78.3 Å². The van der Waals surface area contributed by atoms with Gasteiger partial charge in [-0.25, -0.2) is 14.5 Å². The molecule has 0 aliphatic rings. The van der Waals surface area contributed by atoms with Gasteiger partial charge in [0.05, 0.1) is 0 Å². The van der Waals surface area contributed by atoms with E-state index >= 15 is 0 Å². The van der Waals surface area contributed by atoms with Crippen molar-refractivity contribution >= 4 is 11.3 Å². The minimum absolute atomic E-state index is 0.475. The summed E-state index contributed by atoms with van der Waals surface area (Å²) in [4.78, 5) is 8.21. The molecule has 0 radical (unpaired) electrons. The number of hydrogen-bond acceptors (Lipinski definition) is 5. The van der Waals surface area contributed by atoms with Crippen LogP contribution in [0.1, 0.15) is 5.56 Å². The third-order valence-electron chi connectivity index (χ3n) is 2.56. The SMILES string of the molecule is Cc1cc(N)ccc1Oc1cc2ncnn2cn1. The smallest absolute Gasteiger partial charge is 0.224 e. The van der Waals surface area contributed by atoms with Gasteiger partial charge in [-0.05, 0) is 30.7 Å². The molecule has 0 spiro atoms. The highest BCUT2D eigenvalue weighted by atomic mass is 16.5. The molecule has 0 saturated heterocycles. The number of nitrogens with two attached hydrogens (primary N) is 1. The van der Waals surface area contributed by atoms with Gasteiger partial charge in [0, 0.05) is 11.8 Å². The molecule has 3 rings (SSSR count). The molecule has 6 nitrogen and oxygen atoms in total. The summed E-state index contributed by atoms with van der Waals surface area (Å²) in [6, 6.07) is 7.19. The molecule has 0 aliphatic carbocycles. The fourth-order valence-electron chi connectivity index (χ4n) is 1.67. The second-order valence-electron chi connectivity index (χ2n) is 3.92. The molecule has 1 aromatic carbocycles. The fourth-order valence-corrected chi connectivity index (χ4v) is 1.67. The average molecular weight is 241 g/mol. The number of aryl methyl sites for hydroxylation is 1. The molecule has 0 amide bonds. The number of ether oxygens (including phenoxy) is 1. The molecule has 2 aromatic heterocycles. The lowest BCUT2D eigenvalue weighted by molar-refractivity contribution is 0.458. The van der Waals surface area contributed by atoms with E-state index in [1.165, 1.54) is 6.33 Å². The van der Waals surface area contributed by atoms with E-state index in [0.717, 1.165) is 11.3 Å². The monoisotopic (exact) mass is 241 g/mol. The van der Waals surface area contributed by atoms with E-state index in [1.54, 1.807) is 23.0 Å². The predicted molar refractivity (Wildman–Crippen MR) is 66.4 cm³/mol. The summed E-state index contributed by atoms with van der Waals surface area (Å²) in [7, 11) is 0. The normalized spacial score (nSPS) is 10.7. The second kappa shape index (κ2) is 3.99. The summed E-state index contributed by atoms with van der Waals surface area (Å²) in [6.45, 7) is 1.93. The van der Waals surface area contributed by atoms with E-state index in [1.807, 2.05) is 19.1 Å².